The Bertz CT molecular complexity index is 557. The molecule has 2 aromatic rings. The lowest BCUT2D eigenvalue weighted by Crippen LogP contribution is -2.19. The standard InChI is InChI=1S/C15H13BrO2S/c16-12-6-4-5-11(9-12)10-14(15(17)18)19-13-7-2-1-3-8-13/h1-9,14H,10H2,(H,17,18)/t14-/m0/s1. The molecule has 2 rings (SSSR count). The molecule has 4 heteroatoms. The van der Waals surface area contributed by atoms with Crippen LogP contribution in [0.15, 0.2) is 64.0 Å². The number of hydrogen-bond acceptors (Lipinski definition) is 2. The first-order valence-electron chi connectivity index (χ1n) is 5.84. The Morgan fingerprint density at radius 2 is 1.89 bits per heavy atom. The molecule has 98 valence electrons. The highest BCUT2D eigenvalue weighted by atomic mass is 79.9. The molecule has 1 N–H and O–H groups in total. The van der Waals surface area contributed by atoms with Gasteiger partial charge in [-0.3, -0.25) is 4.79 Å². The van der Waals surface area contributed by atoms with E-state index < -0.39 is 11.2 Å². The normalized spacial score (nSPS) is 12.1. The van der Waals surface area contributed by atoms with Crippen LogP contribution in [0.2, 0.25) is 0 Å². The van der Waals surface area contributed by atoms with Gasteiger partial charge in [-0.25, -0.2) is 0 Å². The molecule has 0 bridgehead atoms. The molecule has 0 amide bonds. The third-order valence-electron chi connectivity index (χ3n) is 2.61. The third kappa shape index (κ3) is 4.40. The van der Waals surface area contributed by atoms with Crippen molar-refractivity contribution in [3.63, 3.8) is 0 Å². The van der Waals surface area contributed by atoms with E-state index in [2.05, 4.69) is 15.9 Å². The molecule has 0 aliphatic rings. The van der Waals surface area contributed by atoms with Crippen LogP contribution in [-0.2, 0) is 11.2 Å². The number of carboxylic acid groups (broad SMARTS) is 1. The molecular weight excluding hydrogens is 324 g/mol. The van der Waals surface area contributed by atoms with E-state index >= 15 is 0 Å². The quantitative estimate of drug-likeness (QED) is 0.830. The van der Waals surface area contributed by atoms with Crippen LogP contribution in [0, 0.1) is 0 Å². The fourth-order valence-corrected chi connectivity index (χ4v) is 3.19. The summed E-state index contributed by atoms with van der Waals surface area (Å²) in [6, 6.07) is 17.4. The van der Waals surface area contributed by atoms with E-state index in [-0.39, 0.29) is 0 Å². The van der Waals surface area contributed by atoms with Crippen LogP contribution in [0.3, 0.4) is 0 Å². The highest BCUT2D eigenvalue weighted by Crippen LogP contribution is 2.26. The Hall–Kier alpha value is -1.26. The van der Waals surface area contributed by atoms with Crippen molar-refractivity contribution in [2.24, 2.45) is 0 Å². The summed E-state index contributed by atoms with van der Waals surface area (Å²) in [6.07, 6.45) is 0.508. The fraction of sp³-hybridized carbons (Fsp3) is 0.133. The van der Waals surface area contributed by atoms with Crippen LogP contribution in [0.4, 0.5) is 0 Å². The molecule has 0 fully saturated rings. The number of halogens is 1. The van der Waals surface area contributed by atoms with Crippen LogP contribution >= 0.6 is 27.7 Å². The van der Waals surface area contributed by atoms with Crippen molar-refractivity contribution in [2.45, 2.75) is 16.6 Å². The Labute approximate surface area is 125 Å². The predicted molar refractivity (Wildman–Crippen MR) is 81.6 cm³/mol. The van der Waals surface area contributed by atoms with Crippen molar-refractivity contribution in [3.05, 3.63) is 64.6 Å². The first-order valence-corrected chi connectivity index (χ1v) is 7.51. The average molecular weight is 337 g/mol. The molecule has 19 heavy (non-hydrogen) atoms. The van der Waals surface area contributed by atoms with Gasteiger partial charge in [-0.2, -0.15) is 0 Å². The summed E-state index contributed by atoms with van der Waals surface area (Å²) in [4.78, 5) is 12.3. The van der Waals surface area contributed by atoms with Crippen molar-refractivity contribution in [2.75, 3.05) is 0 Å². The molecule has 0 saturated carbocycles. The Kier molecular flexibility index (Phi) is 5.05. The zero-order valence-electron chi connectivity index (χ0n) is 10.1. The van der Waals surface area contributed by atoms with Crippen LogP contribution < -0.4 is 0 Å². The summed E-state index contributed by atoms with van der Waals surface area (Å²) in [7, 11) is 0. The van der Waals surface area contributed by atoms with E-state index in [1.165, 1.54) is 11.8 Å². The van der Waals surface area contributed by atoms with E-state index in [0.717, 1.165) is 14.9 Å². The van der Waals surface area contributed by atoms with Gasteiger partial charge in [-0.05, 0) is 36.2 Å². The Balaban J connectivity index is 2.11. The number of rotatable bonds is 5. The number of thioether (sulfide) groups is 1. The number of carbonyl (C=O) groups is 1. The van der Waals surface area contributed by atoms with Crippen molar-refractivity contribution in [1.82, 2.24) is 0 Å². The van der Waals surface area contributed by atoms with E-state index in [1.807, 2.05) is 54.6 Å². The average Bonchev–Trinajstić information content (AvgIpc) is 2.39. The first kappa shape index (κ1) is 14.2. The topological polar surface area (TPSA) is 37.3 Å². The molecule has 2 aromatic carbocycles. The molecule has 0 saturated heterocycles. The zero-order chi connectivity index (χ0) is 13.7. The highest BCUT2D eigenvalue weighted by Gasteiger charge is 2.19. The lowest BCUT2D eigenvalue weighted by atomic mass is 10.1. The highest BCUT2D eigenvalue weighted by molar-refractivity contribution is 9.10. The molecule has 0 spiro atoms. The lowest BCUT2D eigenvalue weighted by molar-refractivity contribution is -0.136. The largest absolute Gasteiger partial charge is 0.480 e. The molecule has 0 aliphatic heterocycles. The molecular formula is C15H13BrO2S. The molecule has 2 nitrogen and oxygen atoms in total. The maximum absolute atomic E-state index is 11.4. The Morgan fingerprint density at radius 1 is 1.16 bits per heavy atom. The van der Waals surface area contributed by atoms with Crippen molar-refractivity contribution in [3.8, 4) is 0 Å². The molecule has 0 aliphatic carbocycles. The maximum atomic E-state index is 11.4. The first-order chi connectivity index (χ1) is 9.15. The van der Waals surface area contributed by atoms with Gasteiger partial charge in [0, 0.05) is 9.37 Å². The van der Waals surface area contributed by atoms with Gasteiger partial charge in [0.1, 0.15) is 5.25 Å². The predicted octanol–water partition coefficient (Wildman–Crippen LogP) is 4.24. The third-order valence-corrected chi connectivity index (χ3v) is 4.30. The van der Waals surface area contributed by atoms with Crippen LogP contribution in [-0.4, -0.2) is 16.3 Å². The van der Waals surface area contributed by atoms with E-state index in [4.69, 9.17) is 0 Å². The molecule has 0 radical (unpaired) electrons. The van der Waals surface area contributed by atoms with Gasteiger partial charge in [-0.15, -0.1) is 11.8 Å². The number of benzene rings is 2. The van der Waals surface area contributed by atoms with Gasteiger partial charge in [-0.1, -0.05) is 46.3 Å². The fourth-order valence-electron chi connectivity index (χ4n) is 1.72. The summed E-state index contributed by atoms with van der Waals surface area (Å²) in [6.45, 7) is 0. The minimum atomic E-state index is -0.783. The number of hydrogen-bond donors (Lipinski definition) is 1. The van der Waals surface area contributed by atoms with Gasteiger partial charge >= 0.3 is 5.97 Å². The Morgan fingerprint density at radius 3 is 2.53 bits per heavy atom. The summed E-state index contributed by atoms with van der Waals surface area (Å²) in [5, 5.41) is 8.86. The smallest absolute Gasteiger partial charge is 0.317 e. The van der Waals surface area contributed by atoms with E-state index in [1.54, 1.807) is 0 Å². The van der Waals surface area contributed by atoms with Crippen molar-refractivity contribution in [1.29, 1.82) is 0 Å². The van der Waals surface area contributed by atoms with Crippen molar-refractivity contribution >= 4 is 33.7 Å². The molecule has 1 atom stereocenters. The summed E-state index contributed by atoms with van der Waals surface area (Å²) < 4.78 is 0.971. The maximum Gasteiger partial charge on any atom is 0.317 e. The van der Waals surface area contributed by atoms with Gasteiger partial charge in [0.15, 0.2) is 0 Å². The monoisotopic (exact) mass is 336 g/mol. The second-order valence-electron chi connectivity index (χ2n) is 4.09. The van der Waals surface area contributed by atoms with E-state index in [9.17, 15) is 9.90 Å². The summed E-state index contributed by atoms with van der Waals surface area (Å²) in [5.41, 5.74) is 1.02. The van der Waals surface area contributed by atoms with Crippen LogP contribution in [0.5, 0.6) is 0 Å². The lowest BCUT2D eigenvalue weighted by Gasteiger charge is -2.12. The number of aliphatic carboxylic acids is 1. The minimum absolute atomic E-state index is 0.475. The van der Waals surface area contributed by atoms with Gasteiger partial charge < -0.3 is 5.11 Å². The minimum Gasteiger partial charge on any atom is -0.480 e. The van der Waals surface area contributed by atoms with Crippen LogP contribution in [0.1, 0.15) is 5.56 Å². The second kappa shape index (κ2) is 6.78. The number of carboxylic acids is 1. The second-order valence-corrected chi connectivity index (χ2v) is 6.28. The summed E-state index contributed by atoms with van der Waals surface area (Å²) >= 11 is 4.78. The van der Waals surface area contributed by atoms with Gasteiger partial charge in [0.05, 0.1) is 0 Å². The molecule has 0 aromatic heterocycles. The van der Waals surface area contributed by atoms with Gasteiger partial charge in [0.2, 0.25) is 0 Å². The molecule has 0 unspecified atom stereocenters. The van der Waals surface area contributed by atoms with Gasteiger partial charge in [0.25, 0.3) is 0 Å². The van der Waals surface area contributed by atoms with E-state index in [0.29, 0.717) is 6.42 Å². The summed E-state index contributed by atoms with van der Waals surface area (Å²) in [5.74, 6) is -0.783. The molecule has 0 heterocycles. The van der Waals surface area contributed by atoms with Crippen molar-refractivity contribution < 1.29 is 9.90 Å². The SMILES string of the molecule is O=C(O)[C@H](Cc1cccc(Br)c1)Sc1ccccc1. The zero-order valence-corrected chi connectivity index (χ0v) is 12.5. The van der Waals surface area contributed by atoms with Crippen LogP contribution in [0.25, 0.3) is 0 Å².